The van der Waals surface area contributed by atoms with Crippen LogP contribution in [0.25, 0.3) is 11.0 Å². The van der Waals surface area contributed by atoms with E-state index >= 15 is 0 Å². The van der Waals surface area contributed by atoms with Crippen molar-refractivity contribution < 1.29 is 35.9 Å². The Morgan fingerprint density at radius 3 is 2.44 bits per heavy atom. The number of sulfonamides is 1. The van der Waals surface area contributed by atoms with Crippen LogP contribution in [0, 0.1) is 10.1 Å². The molecule has 0 bridgehead atoms. The number of fused-ring (bicyclic) bond motifs is 1. The van der Waals surface area contributed by atoms with Crippen molar-refractivity contribution in [3.63, 3.8) is 0 Å². The summed E-state index contributed by atoms with van der Waals surface area (Å²) in [5, 5.41) is 17.6. The maximum atomic E-state index is 12.6. The molecule has 0 aliphatic heterocycles. The third kappa shape index (κ3) is 3.74. The second kappa shape index (κ2) is 6.39. The summed E-state index contributed by atoms with van der Waals surface area (Å²) >= 11 is 0. The fourth-order valence-corrected chi connectivity index (χ4v) is 3.36. The first-order chi connectivity index (χ1) is 12.6. The minimum atomic E-state index is -5.04. The second-order valence-corrected chi connectivity index (χ2v) is 6.60. The highest BCUT2D eigenvalue weighted by molar-refractivity contribution is 7.93. The maximum absolute atomic E-state index is 12.6. The average molecular weight is 404 g/mol. The summed E-state index contributed by atoms with van der Waals surface area (Å²) in [5.41, 5.74) is -1.93. The van der Waals surface area contributed by atoms with Gasteiger partial charge in [0.2, 0.25) is 5.52 Å². The van der Waals surface area contributed by atoms with Crippen molar-refractivity contribution in [1.82, 2.24) is 10.3 Å². The van der Waals surface area contributed by atoms with Gasteiger partial charge in [-0.15, -0.1) is 13.2 Å². The van der Waals surface area contributed by atoms with Gasteiger partial charge in [-0.2, -0.15) is 0 Å². The van der Waals surface area contributed by atoms with Gasteiger partial charge in [-0.3, -0.25) is 14.8 Å². The van der Waals surface area contributed by atoms with Crippen LogP contribution in [-0.4, -0.2) is 30.0 Å². The summed E-state index contributed by atoms with van der Waals surface area (Å²) < 4.78 is 72.6. The van der Waals surface area contributed by atoms with E-state index in [9.17, 15) is 31.7 Å². The second-order valence-electron chi connectivity index (χ2n) is 4.95. The Kier molecular flexibility index (Phi) is 4.35. The van der Waals surface area contributed by atoms with Crippen molar-refractivity contribution in [2.24, 2.45) is 0 Å². The molecule has 14 heteroatoms. The molecule has 1 N–H and O–H groups in total. The van der Waals surface area contributed by atoms with E-state index in [2.05, 4.69) is 19.7 Å². The summed E-state index contributed by atoms with van der Waals surface area (Å²) in [6.45, 7) is 0. The number of nitro benzene ring substituents is 1. The van der Waals surface area contributed by atoms with Crippen molar-refractivity contribution in [3.8, 4) is 5.75 Å². The van der Waals surface area contributed by atoms with Gasteiger partial charge < -0.3 is 4.74 Å². The molecule has 0 saturated carbocycles. The van der Waals surface area contributed by atoms with Gasteiger partial charge in [0.25, 0.3) is 10.0 Å². The van der Waals surface area contributed by atoms with Gasteiger partial charge in [0.05, 0.1) is 10.6 Å². The number of nitrogens with zero attached hydrogens (tertiary/aromatic N) is 3. The highest BCUT2D eigenvalue weighted by atomic mass is 32.2. The molecule has 0 spiro atoms. The molecule has 0 amide bonds. The highest BCUT2D eigenvalue weighted by Crippen LogP contribution is 2.33. The van der Waals surface area contributed by atoms with Crippen LogP contribution in [0.15, 0.2) is 45.9 Å². The molecule has 1 aromatic heterocycles. The van der Waals surface area contributed by atoms with Crippen LogP contribution in [0.3, 0.4) is 0 Å². The molecule has 0 aliphatic carbocycles. The number of para-hydroxylation sites is 2. The van der Waals surface area contributed by atoms with Crippen molar-refractivity contribution in [2.45, 2.75) is 11.3 Å². The lowest BCUT2D eigenvalue weighted by atomic mass is 10.3. The van der Waals surface area contributed by atoms with Crippen LogP contribution in [0.5, 0.6) is 5.75 Å². The molecule has 3 aromatic rings. The molecule has 142 valence electrons. The molecule has 0 fully saturated rings. The number of ether oxygens (including phenoxy) is 1. The van der Waals surface area contributed by atoms with Crippen LogP contribution >= 0.6 is 0 Å². The molecule has 0 radical (unpaired) electrons. The number of aromatic nitrogens is 2. The lowest BCUT2D eigenvalue weighted by Crippen LogP contribution is -2.20. The van der Waals surface area contributed by atoms with Gasteiger partial charge in [-0.1, -0.05) is 12.1 Å². The Bertz CT molecular complexity index is 1130. The van der Waals surface area contributed by atoms with E-state index in [4.69, 9.17) is 0 Å². The van der Waals surface area contributed by atoms with Crippen molar-refractivity contribution >= 4 is 32.4 Å². The van der Waals surface area contributed by atoms with E-state index in [0.29, 0.717) is 0 Å². The molecule has 0 atom stereocenters. The molecular formula is C13H7F3N4O6S. The number of hydrogen-bond acceptors (Lipinski definition) is 8. The third-order valence-electron chi connectivity index (χ3n) is 3.20. The van der Waals surface area contributed by atoms with Crippen molar-refractivity contribution in [3.05, 3.63) is 46.5 Å². The standard InChI is InChI=1S/C13H7F3N4O6S/c14-13(15,16)25-9-4-2-1-3-7(9)19-27(23,24)10-6-5-8(20(21)22)11-12(10)18-26-17-11/h1-6,19H. The number of non-ortho nitro benzene ring substituents is 1. The minimum absolute atomic E-state index is 0.428. The van der Waals surface area contributed by atoms with E-state index in [1.54, 1.807) is 0 Å². The van der Waals surface area contributed by atoms with E-state index in [-0.39, 0.29) is 0 Å². The quantitative estimate of drug-likeness (QED) is 0.506. The predicted molar refractivity (Wildman–Crippen MR) is 82.4 cm³/mol. The van der Waals surface area contributed by atoms with Crippen LogP contribution < -0.4 is 9.46 Å². The molecule has 2 aromatic carbocycles. The minimum Gasteiger partial charge on any atom is -0.404 e. The Morgan fingerprint density at radius 1 is 1.11 bits per heavy atom. The first-order valence-electron chi connectivity index (χ1n) is 6.86. The first-order valence-corrected chi connectivity index (χ1v) is 8.34. The Hall–Kier alpha value is -3.42. The number of rotatable bonds is 5. The molecule has 0 saturated heterocycles. The van der Waals surface area contributed by atoms with Crippen molar-refractivity contribution in [1.29, 1.82) is 0 Å². The maximum Gasteiger partial charge on any atom is 0.573 e. The highest BCUT2D eigenvalue weighted by Gasteiger charge is 2.33. The number of hydrogen-bond donors (Lipinski definition) is 1. The molecule has 0 aliphatic rings. The smallest absolute Gasteiger partial charge is 0.404 e. The van der Waals surface area contributed by atoms with E-state index in [0.717, 1.165) is 24.3 Å². The van der Waals surface area contributed by atoms with Gasteiger partial charge in [0, 0.05) is 6.07 Å². The average Bonchev–Trinajstić information content (AvgIpc) is 3.03. The molecule has 3 rings (SSSR count). The van der Waals surface area contributed by atoms with Gasteiger partial charge in [-0.05, 0) is 28.5 Å². The van der Waals surface area contributed by atoms with E-state index < -0.39 is 54.4 Å². The van der Waals surface area contributed by atoms with Gasteiger partial charge in [0.1, 0.15) is 4.90 Å². The number of benzene rings is 2. The zero-order valence-corrected chi connectivity index (χ0v) is 13.6. The molecule has 10 nitrogen and oxygen atoms in total. The van der Waals surface area contributed by atoms with E-state index in [1.165, 1.54) is 12.1 Å². The summed E-state index contributed by atoms with van der Waals surface area (Å²) in [4.78, 5) is 9.56. The molecule has 27 heavy (non-hydrogen) atoms. The van der Waals surface area contributed by atoms with Gasteiger partial charge in [0.15, 0.2) is 11.3 Å². The summed E-state index contributed by atoms with van der Waals surface area (Å²) in [5.74, 6) is -0.787. The van der Waals surface area contributed by atoms with E-state index in [1.807, 2.05) is 4.72 Å². The number of nitro groups is 1. The molecular weight excluding hydrogens is 397 g/mol. The Morgan fingerprint density at radius 2 is 1.78 bits per heavy atom. The van der Waals surface area contributed by atoms with Gasteiger partial charge in [-0.25, -0.2) is 13.0 Å². The Labute approximate surface area is 147 Å². The fraction of sp³-hybridized carbons (Fsp3) is 0.0769. The third-order valence-corrected chi connectivity index (χ3v) is 4.60. The normalized spacial score (nSPS) is 12.1. The lowest BCUT2D eigenvalue weighted by molar-refractivity contribution is -0.383. The zero-order valence-electron chi connectivity index (χ0n) is 12.8. The van der Waals surface area contributed by atoms with Crippen LogP contribution in [0.4, 0.5) is 24.5 Å². The fourth-order valence-electron chi connectivity index (χ4n) is 2.16. The monoisotopic (exact) mass is 404 g/mol. The first kappa shape index (κ1) is 18.4. The van der Waals surface area contributed by atoms with Crippen molar-refractivity contribution in [2.75, 3.05) is 4.72 Å². The molecule has 0 unspecified atom stereocenters. The Balaban J connectivity index is 2.05. The largest absolute Gasteiger partial charge is 0.573 e. The topological polar surface area (TPSA) is 137 Å². The summed E-state index contributed by atoms with van der Waals surface area (Å²) in [6, 6.07) is 6.17. The van der Waals surface area contributed by atoms with Crippen LogP contribution in [0.1, 0.15) is 0 Å². The lowest BCUT2D eigenvalue weighted by Gasteiger charge is -2.14. The van der Waals surface area contributed by atoms with Crippen LogP contribution in [-0.2, 0) is 10.0 Å². The zero-order chi connectivity index (χ0) is 19.8. The molecule has 1 heterocycles. The number of halogens is 3. The SMILES string of the molecule is O=[N+]([O-])c1ccc(S(=O)(=O)Nc2ccccc2OC(F)(F)F)c2nonc12. The number of nitrogens with one attached hydrogen (secondary N) is 1. The number of anilines is 1. The number of alkyl halides is 3. The van der Waals surface area contributed by atoms with Crippen LogP contribution in [0.2, 0.25) is 0 Å². The summed E-state index contributed by atoms with van der Waals surface area (Å²) in [6.07, 6.45) is -5.04. The predicted octanol–water partition coefficient (Wildman–Crippen LogP) is 2.83. The summed E-state index contributed by atoms with van der Waals surface area (Å²) in [7, 11) is -4.51. The van der Waals surface area contributed by atoms with Gasteiger partial charge >= 0.3 is 12.0 Å².